The molecule has 1 aliphatic rings. The van der Waals surface area contributed by atoms with E-state index in [0.717, 1.165) is 10.0 Å². The molecule has 108 valence electrons. The minimum atomic E-state index is -0.382. The Hall–Kier alpha value is -2.01. The van der Waals surface area contributed by atoms with Crippen LogP contribution < -0.4 is 9.47 Å². The van der Waals surface area contributed by atoms with Gasteiger partial charge >= 0.3 is 5.97 Å². The van der Waals surface area contributed by atoms with E-state index >= 15 is 0 Å². The number of hydrogen-bond acceptors (Lipinski definition) is 4. The van der Waals surface area contributed by atoms with Crippen LogP contribution in [0.2, 0.25) is 0 Å². The molecule has 3 rings (SSSR count). The molecule has 0 unspecified atom stereocenters. The van der Waals surface area contributed by atoms with E-state index in [1.54, 1.807) is 18.2 Å². The molecular formula is C16H13BrO4. The van der Waals surface area contributed by atoms with Crippen molar-refractivity contribution in [3.05, 3.63) is 58.1 Å². The van der Waals surface area contributed by atoms with Crippen LogP contribution >= 0.6 is 15.9 Å². The monoisotopic (exact) mass is 348 g/mol. The number of fused-ring (bicyclic) bond motifs is 1. The van der Waals surface area contributed by atoms with Crippen LogP contribution in [-0.4, -0.2) is 19.2 Å². The van der Waals surface area contributed by atoms with Crippen LogP contribution in [-0.2, 0) is 11.3 Å². The van der Waals surface area contributed by atoms with E-state index in [4.69, 9.17) is 14.2 Å². The second-order valence-corrected chi connectivity index (χ2v) is 5.48. The molecular weight excluding hydrogens is 336 g/mol. The van der Waals surface area contributed by atoms with Crippen molar-refractivity contribution in [1.82, 2.24) is 0 Å². The highest BCUT2D eigenvalue weighted by Crippen LogP contribution is 2.31. The lowest BCUT2D eigenvalue weighted by atomic mass is 10.2. The lowest BCUT2D eigenvalue weighted by Crippen LogP contribution is -2.16. The van der Waals surface area contributed by atoms with Gasteiger partial charge in [-0.3, -0.25) is 0 Å². The third-order valence-electron chi connectivity index (χ3n) is 3.04. The molecule has 0 saturated carbocycles. The largest absolute Gasteiger partial charge is 0.486 e. The van der Waals surface area contributed by atoms with Crippen molar-refractivity contribution in [3.63, 3.8) is 0 Å². The van der Waals surface area contributed by atoms with Gasteiger partial charge in [0, 0.05) is 4.47 Å². The molecule has 1 aliphatic heterocycles. The molecule has 0 fully saturated rings. The Morgan fingerprint density at radius 2 is 1.90 bits per heavy atom. The average Bonchev–Trinajstić information content (AvgIpc) is 2.52. The van der Waals surface area contributed by atoms with Crippen LogP contribution in [0.1, 0.15) is 15.9 Å². The van der Waals surface area contributed by atoms with Gasteiger partial charge in [-0.1, -0.05) is 28.1 Å². The van der Waals surface area contributed by atoms with Crippen molar-refractivity contribution in [2.24, 2.45) is 0 Å². The number of hydrogen-bond donors (Lipinski definition) is 0. The van der Waals surface area contributed by atoms with Crippen molar-refractivity contribution in [3.8, 4) is 11.5 Å². The van der Waals surface area contributed by atoms with Gasteiger partial charge in [0.2, 0.25) is 0 Å². The zero-order valence-corrected chi connectivity index (χ0v) is 12.8. The number of esters is 1. The van der Waals surface area contributed by atoms with Crippen LogP contribution in [0.15, 0.2) is 46.9 Å². The van der Waals surface area contributed by atoms with Gasteiger partial charge in [-0.25, -0.2) is 4.79 Å². The van der Waals surface area contributed by atoms with Gasteiger partial charge in [0.1, 0.15) is 19.8 Å². The summed E-state index contributed by atoms with van der Waals surface area (Å²) in [6, 6.07) is 12.7. The van der Waals surface area contributed by atoms with Crippen molar-refractivity contribution in [2.45, 2.75) is 6.61 Å². The Morgan fingerprint density at radius 3 is 2.71 bits per heavy atom. The molecule has 0 N–H and O–H groups in total. The fourth-order valence-electron chi connectivity index (χ4n) is 2.03. The average molecular weight is 349 g/mol. The molecule has 0 bridgehead atoms. The number of carbonyl (C=O) groups is 1. The Balaban J connectivity index is 1.68. The highest BCUT2D eigenvalue weighted by atomic mass is 79.9. The third kappa shape index (κ3) is 3.36. The van der Waals surface area contributed by atoms with Gasteiger partial charge in [0.25, 0.3) is 0 Å². The summed E-state index contributed by atoms with van der Waals surface area (Å²) in [7, 11) is 0. The molecule has 5 heteroatoms. The summed E-state index contributed by atoms with van der Waals surface area (Å²) < 4.78 is 17.1. The van der Waals surface area contributed by atoms with Crippen LogP contribution in [0.4, 0.5) is 0 Å². The van der Waals surface area contributed by atoms with E-state index in [1.807, 2.05) is 24.3 Å². The smallest absolute Gasteiger partial charge is 0.338 e. The molecule has 0 saturated heterocycles. The van der Waals surface area contributed by atoms with E-state index in [1.165, 1.54) is 0 Å². The standard InChI is InChI=1S/C16H13BrO4/c17-13-3-1-2-11(8-13)10-21-16(18)12-4-5-14-15(9-12)20-7-6-19-14/h1-5,8-9H,6-7,10H2. The molecule has 0 atom stereocenters. The van der Waals surface area contributed by atoms with Gasteiger partial charge in [-0.15, -0.1) is 0 Å². The van der Waals surface area contributed by atoms with E-state index in [-0.39, 0.29) is 12.6 Å². The minimum Gasteiger partial charge on any atom is -0.486 e. The first-order valence-electron chi connectivity index (χ1n) is 6.53. The number of benzene rings is 2. The summed E-state index contributed by atoms with van der Waals surface area (Å²) in [5.74, 6) is 0.856. The zero-order valence-electron chi connectivity index (χ0n) is 11.2. The quantitative estimate of drug-likeness (QED) is 0.795. The van der Waals surface area contributed by atoms with Crippen LogP contribution in [0.25, 0.3) is 0 Å². The number of halogens is 1. The predicted molar refractivity (Wildman–Crippen MR) is 80.7 cm³/mol. The van der Waals surface area contributed by atoms with E-state index in [9.17, 15) is 4.79 Å². The molecule has 1 heterocycles. The normalized spacial score (nSPS) is 12.8. The maximum Gasteiger partial charge on any atom is 0.338 e. The lowest BCUT2D eigenvalue weighted by molar-refractivity contribution is 0.0471. The summed E-state index contributed by atoms with van der Waals surface area (Å²) >= 11 is 3.38. The highest BCUT2D eigenvalue weighted by molar-refractivity contribution is 9.10. The molecule has 2 aromatic carbocycles. The zero-order chi connectivity index (χ0) is 14.7. The lowest BCUT2D eigenvalue weighted by Gasteiger charge is -2.18. The maximum atomic E-state index is 12.1. The van der Waals surface area contributed by atoms with Gasteiger partial charge in [-0.05, 0) is 35.9 Å². The number of carbonyl (C=O) groups excluding carboxylic acids is 1. The first kappa shape index (κ1) is 13.9. The molecule has 0 amide bonds. The first-order chi connectivity index (χ1) is 10.2. The Morgan fingerprint density at radius 1 is 1.10 bits per heavy atom. The molecule has 0 aromatic heterocycles. The topological polar surface area (TPSA) is 44.8 Å². The van der Waals surface area contributed by atoms with E-state index in [2.05, 4.69) is 15.9 Å². The summed E-state index contributed by atoms with van der Waals surface area (Å²) in [5.41, 5.74) is 1.38. The van der Waals surface area contributed by atoms with Crippen molar-refractivity contribution in [1.29, 1.82) is 0 Å². The summed E-state index contributed by atoms with van der Waals surface area (Å²) in [6.45, 7) is 1.25. The second-order valence-electron chi connectivity index (χ2n) is 4.56. The van der Waals surface area contributed by atoms with Gasteiger partial charge in [0.15, 0.2) is 11.5 Å². The molecule has 4 nitrogen and oxygen atoms in total. The minimum absolute atomic E-state index is 0.229. The van der Waals surface area contributed by atoms with Gasteiger partial charge < -0.3 is 14.2 Å². The Kier molecular flexibility index (Phi) is 4.10. The van der Waals surface area contributed by atoms with Crippen molar-refractivity contribution in [2.75, 3.05) is 13.2 Å². The Bertz CT molecular complexity index is 669. The molecule has 0 aliphatic carbocycles. The van der Waals surface area contributed by atoms with Gasteiger partial charge in [-0.2, -0.15) is 0 Å². The highest BCUT2D eigenvalue weighted by Gasteiger charge is 2.15. The van der Waals surface area contributed by atoms with Gasteiger partial charge in [0.05, 0.1) is 5.56 Å². The first-order valence-corrected chi connectivity index (χ1v) is 7.33. The van der Waals surface area contributed by atoms with Crippen molar-refractivity contribution < 1.29 is 19.0 Å². The van der Waals surface area contributed by atoms with Crippen LogP contribution in [0.3, 0.4) is 0 Å². The fraction of sp³-hybridized carbons (Fsp3) is 0.188. The maximum absolute atomic E-state index is 12.1. The molecule has 2 aromatic rings. The SMILES string of the molecule is O=C(OCc1cccc(Br)c1)c1ccc2c(c1)OCCO2. The van der Waals surface area contributed by atoms with Crippen LogP contribution in [0.5, 0.6) is 11.5 Å². The number of ether oxygens (including phenoxy) is 3. The molecule has 0 radical (unpaired) electrons. The van der Waals surface area contributed by atoms with E-state index in [0.29, 0.717) is 30.3 Å². The number of rotatable bonds is 3. The summed E-state index contributed by atoms with van der Waals surface area (Å²) in [4.78, 5) is 12.1. The predicted octanol–water partition coefficient (Wildman–Crippen LogP) is 3.58. The Labute approximate surface area is 130 Å². The summed E-state index contributed by atoms with van der Waals surface area (Å²) in [6.07, 6.45) is 0. The fourth-order valence-corrected chi connectivity index (χ4v) is 2.48. The summed E-state index contributed by atoms with van der Waals surface area (Å²) in [5, 5.41) is 0. The second kappa shape index (κ2) is 6.18. The molecule has 0 spiro atoms. The molecule has 21 heavy (non-hydrogen) atoms. The van der Waals surface area contributed by atoms with Crippen molar-refractivity contribution >= 4 is 21.9 Å². The van der Waals surface area contributed by atoms with Crippen LogP contribution in [0, 0.1) is 0 Å². The van der Waals surface area contributed by atoms with E-state index < -0.39 is 0 Å². The third-order valence-corrected chi connectivity index (χ3v) is 3.53.